The van der Waals surface area contributed by atoms with Crippen LogP contribution in [0.15, 0.2) is 0 Å². The van der Waals surface area contributed by atoms with Crippen LogP contribution in [0.3, 0.4) is 0 Å². The fourth-order valence-corrected chi connectivity index (χ4v) is 2.66. The molecule has 0 aromatic rings. The molecular formula is C9H17NO2S. The minimum Gasteiger partial charge on any atom is -0.275 e. The van der Waals surface area contributed by atoms with Gasteiger partial charge < -0.3 is 0 Å². The van der Waals surface area contributed by atoms with Crippen molar-refractivity contribution in [3.05, 3.63) is 0 Å². The Bertz CT molecular complexity index is 169. The normalized spacial score (nSPS) is 17.7. The van der Waals surface area contributed by atoms with Crippen molar-refractivity contribution < 1.29 is 9.63 Å². The second-order valence-corrected chi connectivity index (χ2v) is 4.58. The molecule has 1 aliphatic carbocycles. The van der Waals surface area contributed by atoms with Gasteiger partial charge in [-0.05, 0) is 12.8 Å². The van der Waals surface area contributed by atoms with Gasteiger partial charge in [0.15, 0.2) is 0 Å². The molecule has 1 saturated carbocycles. The summed E-state index contributed by atoms with van der Waals surface area (Å²) < 4.78 is 0. The molecule has 0 N–H and O–H groups in total. The topological polar surface area (TPSA) is 29.5 Å². The first-order valence-electron chi connectivity index (χ1n) is 4.66. The zero-order valence-corrected chi connectivity index (χ0v) is 9.10. The third-order valence-electron chi connectivity index (χ3n) is 2.37. The Morgan fingerprint density at radius 2 is 2.15 bits per heavy atom. The quantitative estimate of drug-likeness (QED) is 0.651. The molecule has 13 heavy (non-hydrogen) atoms. The average Bonchev–Trinajstić information content (AvgIpc) is 2.65. The maximum absolute atomic E-state index is 11.3. The Hall–Kier alpha value is -0.220. The molecule has 1 amide bonds. The molecule has 0 saturated heterocycles. The average molecular weight is 203 g/mol. The van der Waals surface area contributed by atoms with E-state index in [4.69, 9.17) is 4.84 Å². The fraction of sp³-hybridized carbons (Fsp3) is 0.889. The number of rotatable bonds is 4. The molecule has 1 aliphatic rings. The van der Waals surface area contributed by atoms with Crippen LogP contribution in [0.2, 0.25) is 0 Å². The highest BCUT2D eigenvalue weighted by molar-refractivity contribution is 8.00. The third kappa shape index (κ3) is 3.56. The van der Waals surface area contributed by atoms with E-state index < -0.39 is 0 Å². The molecule has 0 unspecified atom stereocenters. The first kappa shape index (κ1) is 10.9. The van der Waals surface area contributed by atoms with Crippen molar-refractivity contribution in [2.75, 3.05) is 19.9 Å². The van der Waals surface area contributed by atoms with E-state index in [9.17, 15) is 4.79 Å². The predicted molar refractivity (Wildman–Crippen MR) is 54.5 cm³/mol. The summed E-state index contributed by atoms with van der Waals surface area (Å²) in [6, 6.07) is 0. The van der Waals surface area contributed by atoms with Gasteiger partial charge in [-0.3, -0.25) is 9.63 Å². The van der Waals surface area contributed by atoms with Crippen molar-refractivity contribution in [1.29, 1.82) is 0 Å². The Balaban J connectivity index is 2.13. The van der Waals surface area contributed by atoms with Crippen molar-refractivity contribution in [3.63, 3.8) is 0 Å². The summed E-state index contributed by atoms with van der Waals surface area (Å²) in [5.41, 5.74) is 0. The van der Waals surface area contributed by atoms with E-state index in [0.29, 0.717) is 11.0 Å². The van der Waals surface area contributed by atoms with E-state index in [2.05, 4.69) is 0 Å². The number of hydroxylamine groups is 2. The molecular weight excluding hydrogens is 186 g/mol. The lowest BCUT2D eigenvalue weighted by molar-refractivity contribution is -0.165. The van der Waals surface area contributed by atoms with Crippen molar-refractivity contribution in [3.8, 4) is 0 Å². The van der Waals surface area contributed by atoms with Gasteiger partial charge in [0.2, 0.25) is 0 Å². The molecule has 0 aliphatic heterocycles. The Labute approximate surface area is 83.8 Å². The highest BCUT2D eigenvalue weighted by Crippen LogP contribution is 2.29. The highest BCUT2D eigenvalue weighted by Gasteiger charge is 2.17. The number of carbonyl (C=O) groups excluding carboxylic acids is 1. The standard InChI is InChI=1S/C9H17NO2S/c1-10(12-2)9(11)7-13-8-5-3-4-6-8/h8H,3-7H2,1-2H3. The minimum absolute atomic E-state index is 0.0550. The number of hydrogen-bond donors (Lipinski definition) is 0. The summed E-state index contributed by atoms with van der Waals surface area (Å²) in [5, 5.41) is 2.00. The number of nitrogens with zero attached hydrogens (tertiary/aromatic N) is 1. The first-order valence-corrected chi connectivity index (χ1v) is 5.71. The summed E-state index contributed by atoms with van der Waals surface area (Å²) in [6.45, 7) is 0. The van der Waals surface area contributed by atoms with E-state index in [0.717, 1.165) is 0 Å². The maximum atomic E-state index is 11.3. The lowest BCUT2D eigenvalue weighted by Crippen LogP contribution is -2.27. The van der Waals surface area contributed by atoms with Gasteiger partial charge in [0, 0.05) is 12.3 Å². The summed E-state index contributed by atoms with van der Waals surface area (Å²) in [7, 11) is 3.16. The first-order chi connectivity index (χ1) is 6.24. The molecule has 1 fully saturated rings. The van der Waals surface area contributed by atoms with Gasteiger partial charge in [-0.15, -0.1) is 11.8 Å². The number of amides is 1. The largest absolute Gasteiger partial charge is 0.275 e. The van der Waals surface area contributed by atoms with Crippen LogP contribution >= 0.6 is 11.8 Å². The van der Waals surface area contributed by atoms with Crippen molar-refractivity contribution in [2.24, 2.45) is 0 Å². The highest BCUT2D eigenvalue weighted by atomic mass is 32.2. The lowest BCUT2D eigenvalue weighted by Gasteiger charge is -2.14. The molecule has 0 atom stereocenters. The zero-order valence-electron chi connectivity index (χ0n) is 8.28. The molecule has 0 radical (unpaired) electrons. The van der Waals surface area contributed by atoms with Gasteiger partial charge in [-0.25, -0.2) is 5.06 Å². The molecule has 1 rings (SSSR count). The summed E-state index contributed by atoms with van der Waals surface area (Å²) >= 11 is 1.76. The molecule has 0 bridgehead atoms. The summed E-state index contributed by atoms with van der Waals surface area (Å²) in [6.07, 6.45) is 5.20. The summed E-state index contributed by atoms with van der Waals surface area (Å²) in [5.74, 6) is 0.606. The number of hydrogen-bond acceptors (Lipinski definition) is 3. The van der Waals surface area contributed by atoms with E-state index in [1.54, 1.807) is 18.8 Å². The van der Waals surface area contributed by atoms with Crippen molar-refractivity contribution in [2.45, 2.75) is 30.9 Å². The molecule has 0 spiro atoms. The van der Waals surface area contributed by atoms with Crippen LogP contribution in [0.5, 0.6) is 0 Å². The SMILES string of the molecule is CON(C)C(=O)CSC1CCCC1. The van der Waals surface area contributed by atoms with Gasteiger partial charge in [0.25, 0.3) is 5.91 Å². The predicted octanol–water partition coefficient (Wildman–Crippen LogP) is 1.68. The van der Waals surface area contributed by atoms with Crippen LogP contribution in [0.4, 0.5) is 0 Å². The van der Waals surface area contributed by atoms with Gasteiger partial charge in [-0.2, -0.15) is 0 Å². The number of carbonyl (C=O) groups is 1. The van der Waals surface area contributed by atoms with Crippen LogP contribution < -0.4 is 0 Å². The van der Waals surface area contributed by atoms with Crippen molar-refractivity contribution in [1.82, 2.24) is 5.06 Å². The fourth-order valence-electron chi connectivity index (χ4n) is 1.44. The Kier molecular flexibility index (Phi) is 4.59. The minimum atomic E-state index is 0.0550. The maximum Gasteiger partial charge on any atom is 0.255 e. The van der Waals surface area contributed by atoms with Gasteiger partial charge in [-0.1, -0.05) is 12.8 Å². The molecule has 0 heterocycles. The smallest absolute Gasteiger partial charge is 0.255 e. The molecule has 76 valence electrons. The van der Waals surface area contributed by atoms with Crippen LogP contribution in [0.1, 0.15) is 25.7 Å². The second kappa shape index (κ2) is 5.50. The monoisotopic (exact) mass is 203 g/mol. The van der Waals surface area contributed by atoms with E-state index in [1.165, 1.54) is 37.9 Å². The van der Waals surface area contributed by atoms with Crippen LogP contribution in [-0.4, -0.2) is 36.1 Å². The van der Waals surface area contributed by atoms with Gasteiger partial charge in [0.1, 0.15) is 0 Å². The molecule has 3 nitrogen and oxygen atoms in total. The summed E-state index contributed by atoms with van der Waals surface area (Å²) in [4.78, 5) is 16.1. The van der Waals surface area contributed by atoms with Gasteiger partial charge in [0.05, 0.1) is 12.9 Å². The number of thioether (sulfide) groups is 1. The molecule has 0 aromatic carbocycles. The Morgan fingerprint density at radius 1 is 1.54 bits per heavy atom. The van der Waals surface area contributed by atoms with E-state index in [-0.39, 0.29) is 5.91 Å². The zero-order chi connectivity index (χ0) is 9.68. The van der Waals surface area contributed by atoms with Crippen LogP contribution in [0, 0.1) is 0 Å². The van der Waals surface area contributed by atoms with E-state index in [1.807, 2.05) is 0 Å². The third-order valence-corrected chi connectivity index (χ3v) is 3.73. The van der Waals surface area contributed by atoms with Crippen LogP contribution in [-0.2, 0) is 9.63 Å². The van der Waals surface area contributed by atoms with E-state index >= 15 is 0 Å². The lowest BCUT2D eigenvalue weighted by atomic mass is 10.4. The van der Waals surface area contributed by atoms with Crippen LogP contribution in [0.25, 0.3) is 0 Å². The van der Waals surface area contributed by atoms with Gasteiger partial charge >= 0.3 is 0 Å². The van der Waals surface area contributed by atoms with Crippen molar-refractivity contribution >= 4 is 17.7 Å². The molecule has 0 aromatic heterocycles. The molecule has 4 heteroatoms. The Morgan fingerprint density at radius 3 is 2.69 bits per heavy atom. The second-order valence-electron chi connectivity index (χ2n) is 3.29.